The molecule has 2 heterocycles. The van der Waals surface area contributed by atoms with E-state index in [2.05, 4.69) is 32.5 Å². The summed E-state index contributed by atoms with van der Waals surface area (Å²) in [6.45, 7) is 2.09. The SMILES string of the molecule is CNc1cc(NC(C)c2ccncc2)nc(SC)n1. The minimum absolute atomic E-state index is 0.164. The number of hydrogen-bond donors (Lipinski definition) is 2. The van der Waals surface area contributed by atoms with Crippen LogP contribution in [0.5, 0.6) is 0 Å². The Morgan fingerprint density at radius 2 is 1.84 bits per heavy atom. The van der Waals surface area contributed by atoms with Crippen LogP contribution in [0.2, 0.25) is 0 Å². The van der Waals surface area contributed by atoms with Crippen LogP contribution in [-0.2, 0) is 0 Å². The number of rotatable bonds is 5. The van der Waals surface area contributed by atoms with Gasteiger partial charge in [0, 0.05) is 25.5 Å². The third kappa shape index (κ3) is 3.57. The maximum atomic E-state index is 4.45. The molecule has 2 aromatic heterocycles. The number of aromatic nitrogens is 3. The first-order valence-electron chi connectivity index (χ1n) is 6.00. The van der Waals surface area contributed by atoms with E-state index in [-0.39, 0.29) is 6.04 Å². The van der Waals surface area contributed by atoms with Crippen LogP contribution in [0.4, 0.5) is 11.6 Å². The molecule has 2 N–H and O–H groups in total. The van der Waals surface area contributed by atoms with Crippen LogP contribution in [0.1, 0.15) is 18.5 Å². The van der Waals surface area contributed by atoms with Crippen LogP contribution in [0.15, 0.2) is 35.7 Å². The molecule has 0 aromatic carbocycles. The van der Waals surface area contributed by atoms with E-state index >= 15 is 0 Å². The third-order valence-corrected chi connectivity index (χ3v) is 3.26. The summed E-state index contributed by atoms with van der Waals surface area (Å²) in [7, 11) is 1.85. The number of nitrogens with one attached hydrogen (secondary N) is 2. The minimum atomic E-state index is 0.164. The summed E-state index contributed by atoms with van der Waals surface area (Å²) in [4.78, 5) is 12.8. The van der Waals surface area contributed by atoms with Gasteiger partial charge in [0.25, 0.3) is 0 Å². The number of nitrogens with zero attached hydrogens (tertiary/aromatic N) is 3. The summed E-state index contributed by atoms with van der Waals surface area (Å²) < 4.78 is 0. The van der Waals surface area contributed by atoms with Gasteiger partial charge in [0.2, 0.25) is 0 Å². The van der Waals surface area contributed by atoms with Gasteiger partial charge in [0.05, 0.1) is 6.04 Å². The van der Waals surface area contributed by atoms with E-state index in [0.717, 1.165) is 16.8 Å². The molecule has 0 aliphatic rings. The number of thioether (sulfide) groups is 1. The summed E-state index contributed by atoms with van der Waals surface area (Å²) >= 11 is 1.52. The Labute approximate surface area is 117 Å². The first-order valence-corrected chi connectivity index (χ1v) is 7.22. The van der Waals surface area contributed by atoms with Crippen LogP contribution in [0.3, 0.4) is 0 Å². The third-order valence-electron chi connectivity index (χ3n) is 2.71. The summed E-state index contributed by atoms with van der Waals surface area (Å²) in [5.41, 5.74) is 1.17. The van der Waals surface area contributed by atoms with Crippen molar-refractivity contribution >= 4 is 23.4 Å². The van der Waals surface area contributed by atoms with Gasteiger partial charge in [-0.1, -0.05) is 11.8 Å². The van der Waals surface area contributed by atoms with Crippen LogP contribution < -0.4 is 10.6 Å². The molecular weight excluding hydrogens is 258 g/mol. The lowest BCUT2D eigenvalue weighted by Gasteiger charge is -2.15. The van der Waals surface area contributed by atoms with Crippen molar-refractivity contribution in [3.8, 4) is 0 Å². The molecule has 0 spiro atoms. The first-order chi connectivity index (χ1) is 9.22. The summed E-state index contributed by atoms with van der Waals surface area (Å²) in [5.74, 6) is 1.62. The second kappa shape index (κ2) is 6.38. The van der Waals surface area contributed by atoms with Gasteiger partial charge < -0.3 is 10.6 Å². The average Bonchev–Trinajstić information content (AvgIpc) is 2.47. The molecule has 1 atom stereocenters. The standard InChI is InChI=1S/C13H17N5S/c1-9(10-4-6-15-7-5-10)16-12-8-11(14-2)17-13(18-12)19-3/h4-9H,1-3H3,(H2,14,16,17,18). The monoisotopic (exact) mass is 275 g/mol. The molecular formula is C13H17N5S. The molecule has 5 nitrogen and oxygen atoms in total. The molecule has 6 heteroatoms. The van der Waals surface area contributed by atoms with Gasteiger partial charge in [0.15, 0.2) is 5.16 Å². The second-order valence-electron chi connectivity index (χ2n) is 4.02. The van der Waals surface area contributed by atoms with Crippen LogP contribution >= 0.6 is 11.8 Å². The Morgan fingerprint density at radius 3 is 2.47 bits per heavy atom. The van der Waals surface area contributed by atoms with Crippen molar-refractivity contribution in [3.05, 3.63) is 36.2 Å². The highest BCUT2D eigenvalue weighted by atomic mass is 32.2. The fourth-order valence-electron chi connectivity index (χ4n) is 1.68. The quantitative estimate of drug-likeness (QED) is 0.646. The van der Waals surface area contributed by atoms with E-state index in [0.29, 0.717) is 0 Å². The van der Waals surface area contributed by atoms with Gasteiger partial charge in [-0.25, -0.2) is 9.97 Å². The summed E-state index contributed by atoms with van der Waals surface area (Å²) in [6.07, 6.45) is 5.55. The van der Waals surface area contributed by atoms with Crippen molar-refractivity contribution in [2.45, 2.75) is 18.1 Å². The highest BCUT2D eigenvalue weighted by molar-refractivity contribution is 7.98. The Hall–Kier alpha value is -1.82. The fourth-order valence-corrected chi connectivity index (χ4v) is 2.05. The largest absolute Gasteiger partial charge is 0.373 e. The van der Waals surface area contributed by atoms with Crippen molar-refractivity contribution in [2.24, 2.45) is 0 Å². The Balaban J connectivity index is 2.18. The average molecular weight is 275 g/mol. The Kier molecular flexibility index (Phi) is 4.57. The topological polar surface area (TPSA) is 62.7 Å². The molecule has 0 fully saturated rings. The lowest BCUT2D eigenvalue weighted by Crippen LogP contribution is -2.09. The molecule has 0 aliphatic heterocycles. The molecule has 1 unspecified atom stereocenters. The zero-order valence-corrected chi connectivity index (χ0v) is 12.0. The predicted octanol–water partition coefficient (Wildman–Crippen LogP) is 2.81. The fraction of sp³-hybridized carbons (Fsp3) is 0.308. The zero-order valence-electron chi connectivity index (χ0n) is 11.2. The number of hydrogen-bond acceptors (Lipinski definition) is 6. The van der Waals surface area contributed by atoms with E-state index in [4.69, 9.17) is 0 Å². The van der Waals surface area contributed by atoms with E-state index in [9.17, 15) is 0 Å². The smallest absolute Gasteiger partial charge is 0.191 e. The maximum Gasteiger partial charge on any atom is 0.191 e. The second-order valence-corrected chi connectivity index (χ2v) is 4.80. The molecule has 2 aromatic rings. The molecule has 100 valence electrons. The van der Waals surface area contributed by atoms with E-state index in [1.54, 1.807) is 12.4 Å². The van der Waals surface area contributed by atoms with Gasteiger partial charge in [-0.05, 0) is 30.9 Å². The van der Waals surface area contributed by atoms with Crippen LogP contribution in [-0.4, -0.2) is 28.3 Å². The molecule has 0 bridgehead atoms. The van der Waals surface area contributed by atoms with Gasteiger partial charge in [-0.2, -0.15) is 0 Å². The molecule has 0 amide bonds. The lowest BCUT2D eigenvalue weighted by atomic mass is 10.1. The van der Waals surface area contributed by atoms with E-state index in [1.807, 2.05) is 31.5 Å². The predicted molar refractivity (Wildman–Crippen MR) is 79.6 cm³/mol. The number of pyridine rings is 1. The molecule has 2 rings (SSSR count). The Morgan fingerprint density at radius 1 is 1.16 bits per heavy atom. The summed E-state index contributed by atoms with van der Waals surface area (Å²) in [6, 6.07) is 6.05. The number of anilines is 2. The van der Waals surface area contributed by atoms with Gasteiger partial charge in [-0.15, -0.1) is 0 Å². The van der Waals surface area contributed by atoms with Gasteiger partial charge in [0.1, 0.15) is 11.6 Å². The molecule has 19 heavy (non-hydrogen) atoms. The molecule has 0 radical (unpaired) electrons. The molecule has 0 saturated carbocycles. The summed E-state index contributed by atoms with van der Waals surface area (Å²) in [5, 5.41) is 7.16. The van der Waals surface area contributed by atoms with Crippen molar-refractivity contribution in [1.82, 2.24) is 15.0 Å². The van der Waals surface area contributed by atoms with Crippen molar-refractivity contribution < 1.29 is 0 Å². The maximum absolute atomic E-state index is 4.45. The minimum Gasteiger partial charge on any atom is -0.373 e. The van der Waals surface area contributed by atoms with Crippen molar-refractivity contribution in [2.75, 3.05) is 23.9 Å². The normalized spacial score (nSPS) is 11.9. The van der Waals surface area contributed by atoms with Crippen molar-refractivity contribution in [1.29, 1.82) is 0 Å². The highest BCUT2D eigenvalue weighted by Gasteiger charge is 2.08. The van der Waals surface area contributed by atoms with Crippen LogP contribution in [0, 0.1) is 0 Å². The van der Waals surface area contributed by atoms with Crippen molar-refractivity contribution in [3.63, 3.8) is 0 Å². The molecule has 0 saturated heterocycles. The zero-order chi connectivity index (χ0) is 13.7. The van der Waals surface area contributed by atoms with E-state index in [1.165, 1.54) is 17.3 Å². The first kappa shape index (κ1) is 13.6. The van der Waals surface area contributed by atoms with Gasteiger partial charge >= 0.3 is 0 Å². The van der Waals surface area contributed by atoms with Crippen LogP contribution in [0.25, 0.3) is 0 Å². The van der Waals surface area contributed by atoms with E-state index < -0.39 is 0 Å². The highest BCUT2D eigenvalue weighted by Crippen LogP contribution is 2.21. The lowest BCUT2D eigenvalue weighted by molar-refractivity contribution is 0.854. The van der Waals surface area contributed by atoms with Gasteiger partial charge in [-0.3, -0.25) is 4.98 Å². The molecule has 0 aliphatic carbocycles. The Bertz CT molecular complexity index is 510.